The SMILES string of the molecule is CCCCC(C)C(O)(O)CCC. The van der Waals surface area contributed by atoms with Gasteiger partial charge in [-0.05, 0) is 6.42 Å². The minimum atomic E-state index is -1.44. The molecule has 1 unspecified atom stereocenters. The molecule has 0 spiro atoms. The second-order valence-corrected chi connectivity index (χ2v) is 3.67. The van der Waals surface area contributed by atoms with Crippen LogP contribution in [0.4, 0.5) is 0 Å². The Hall–Kier alpha value is -0.0800. The standard InChI is InChI=1S/C10H22O2/c1-4-6-7-9(3)10(11,12)8-5-2/h9,11-12H,4-8H2,1-3H3. The summed E-state index contributed by atoms with van der Waals surface area (Å²) >= 11 is 0. The van der Waals surface area contributed by atoms with Gasteiger partial charge in [0.15, 0.2) is 5.79 Å². The van der Waals surface area contributed by atoms with Gasteiger partial charge in [-0.2, -0.15) is 0 Å². The van der Waals surface area contributed by atoms with E-state index >= 15 is 0 Å². The molecule has 2 heteroatoms. The molecular formula is C10H22O2. The average Bonchev–Trinajstić information content (AvgIpc) is 2.00. The highest BCUT2D eigenvalue weighted by atomic mass is 16.5. The fourth-order valence-corrected chi connectivity index (χ4v) is 1.36. The Morgan fingerprint density at radius 2 is 1.75 bits per heavy atom. The first-order valence-corrected chi connectivity index (χ1v) is 4.99. The van der Waals surface area contributed by atoms with Gasteiger partial charge in [0.2, 0.25) is 0 Å². The van der Waals surface area contributed by atoms with E-state index in [2.05, 4.69) is 6.92 Å². The summed E-state index contributed by atoms with van der Waals surface area (Å²) in [5.41, 5.74) is 0. The van der Waals surface area contributed by atoms with E-state index in [1.807, 2.05) is 13.8 Å². The highest BCUT2D eigenvalue weighted by Gasteiger charge is 2.28. The molecule has 0 aliphatic rings. The van der Waals surface area contributed by atoms with Crippen molar-refractivity contribution in [2.75, 3.05) is 0 Å². The summed E-state index contributed by atoms with van der Waals surface area (Å²) in [6.07, 6.45) is 4.41. The van der Waals surface area contributed by atoms with Gasteiger partial charge in [-0.1, -0.05) is 40.0 Å². The topological polar surface area (TPSA) is 40.5 Å². The van der Waals surface area contributed by atoms with E-state index in [0.717, 1.165) is 25.7 Å². The second kappa shape index (κ2) is 5.55. The normalized spacial score (nSPS) is 14.8. The van der Waals surface area contributed by atoms with Crippen molar-refractivity contribution in [2.24, 2.45) is 5.92 Å². The maximum atomic E-state index is 9.57. The Morgan fingerprint density at radius 3 is 2.17 bits per heavy atom. The molecule has 0 amide bonds. The van der Waals surface area contributed by atoms with E-state index in [-0.39, 0.29) is 5.92 Å². The van der Waals surface area contributed by atoms with Gasteiger partial charge >= 0.3 is 0 Å². The van der Waals surface area contributed by atoms with Gasteiger partial charge < -0.3 is 10.2 Å². The minimum absolute atomic E-state index is 0.00241. The Labute approximate surface area is 75.6 Å². The Balaban J connectivity index is 3.79. The van der Waals surface area contributed by atoms with Gasteiger partial charge in [-0.25, -0.2) is 0 Å². The molecule has 0 aromatic carbocycles. The maximum Gasteiger partial charge on any atom is 0.165 e. The number of unbranched alkanes of at least 4 members (excludes halogenated alkanes) is 1. The molecule has 0 aliphatic carbocycles. The van der Waals surface area contributed by atoms with Crippen molar-refractivity contribution in [3.05, 3.63) is 0 Å². The van der Waals surface area contributed by atoms with Crippen LogP contribution in [-0.4, -0.2) is 16.0 Å². The lowest BCUT2D eigenvalue weighted by molar-refractivity contribution is -0.202. The first kappa shape index (κ1) is 11.9. The summed E-state index contributed by atoms with van der Waals surface area (Å²) in [7, 11) is 0. The highest BCUT2D eigenvalue weighted by Crippen LogP contribution is 2.24. The third-order valence-electron chi connectivity index (χ3n) is 2.40. The van der Waals surface area contributed by atoms with E-state index in [0.29, 0.717) is 6.42 Å². The number of hydrogen-bond donors (Lipinski definition) is 2. The van der Waals surface area contributed by atoms with Crippen molar-refractivity contribution in [3.8, 4) is 0 Å². The fraction of sp³-hybridized carbons (Fsp3) is 1.00. The first-order chi connectivity index (χ1) is 5.54. The van der Waals surface area contributed by atoms with Gasteiger partial charge in [0, 0.05) is 12.3 Å². The number of rotatable bonds is 6. The van der Waals surface area contributed by atoms with Crippen LogP contribution in [0.15, 0.2) is 0 Å². The molecule has 0 fully saturated rings. The molecule has 0 radical (unpaired) electrons. The van der Waals surface area contributed by atoms with Gasteiger partial charge in [0.1, 0.15) is 0 Å². The second-order valence-electron chi connectivity index (χ2n) is 3.67. The van der Waals surface area contributed by atoms with Gasteiger partial charge in [-0.15, -0.1) is 0 Å². The van der Waals surface area contributed by atoms with Crippen molar-refractivity contribution < 1.29 is 10.2 Å². The summed E-state index contributed by atoms with van der Waals surface area (Å²) in [4.78, 5) is 0. The Kier molecular flexibility index (Phi) is 5.51. The van der Waals surface area contributed by atoms with Crippen LogP contribution < -0.4 is 0 Å². The highest BCUT2D eigenvalue weighted by molar-refractivity contribution is 4.71. The third-order valence-corrected chi connectivity index (χ3v) is 2.40. The van der Waals surface area contributed by atoms with Crippen LogP contribution >= 0.6 is 0 Å². The van der Waals surface area contributed by atoms with E-state index in [1.54, 1.807) is 0 Å². The van der Waals surface area contributed by atoms with Crippen molar-refractivity contribution in [2.45, 2.75) is 58.7 Å². The van der Waals surface area contributed by atoms with Crippen molar-refractivity contribution >= 4 is 0 Å². The average molecular weight is 174 g/mol. The Morgan fingerprint density at radius 1 is 1.17 bits per heavy atom. The monoisotopic (exact) mass is 174 g/mol. The molecule has 12 heavy (non-hydrogen) atoms. The summed E-state index contributed by atoms with van der Waals surface area (Å²) in [6.45, 7) is 5.99. The van der Waals surface area contributed by atoms with Gasteiger partial charge in [0.05, 0.1) is 0 Å². The quantitative estimate of drug-likeness (QED) is 0.606. The third kappa shape index (κ3) is 4.07. The zero-order chi connectivity index (χ0) is 9.61. The molecule has 0 saturated heterocycles. The van der Waals surface area contributed by atoms with Gasteiger partial charge in [-0.3, -0.25) is 0 Å². The largest absolute Gasteiger partial charge is 0.365 e. The lowest BCUT2D eigenvalue weighted by Gasteiger charge is -2.28. The molecule has 74 valence electrons. The fourth-order valence-electron chi connectivity index (χ4n) is 1.36. The van der Waals surface area contributed by atoms with Crippen molar-refractivity contribution in [1.82, 2.24) is 0 Å². The molecule has 2 N–H and O–H groups in total. The molecule has 1 atom stereocenters. The summed E-state index contributed by atoms with van der Waals surface area (Å²) < 4.78 is 0. The lowest BCUT2D eigenvalue weighted by atomic mass is 9.92. The molecule has 0 heterocycles. The molecule has 0 aliphatic heterocycles. The van der Waals surface area contributed by atoms with Crippen molar-refractivity contribution in [1.29, 1.82) is 0 Å². The van der Waals surface area contributed by atoms with Crippen LogP contribution in [0.1, 0.15) is 52.9 Å². The molecule has 0 saturated carbocycles. The van der Waals surface area contributed by atoms with Crippen LogP contribution in [0.2, 0.25) is 0 Å². The lowest BCUT2D eigenvalue weighted by Crippen LogP contribution is -2.35. The van der Waals surface area contributed by atoms with Gasteiger partial charge in [0.25, 0.3) is 0 Å². The predicted octanol–water partition coefficient (Wildman–Crippen LogP) is 2.29. The molecule has 0 aromatic rings. The molecular weight excluding hydrogens is 152 g/mol. The van der Waals surface area contributed by atoms with Crippen LogP contribution in [0.25, 0.3) is 0 Å². The zero-order valence-corrected chi connectivity index (χ0v) is 8.51. The van der Waals surface area contributed by atoms with E-state index in [4.69, 9.17) is 0 Å². The molecule has 0 bridgehead atoms. The zero-order valence-electron chi connectivity index (χ0n) is 8.51. The summed E-state index contributed by atoms with van der Waals surface area (Å²) in [5.74, 6) is -1.44. The molecule has 2 nitrogen and oxygen atoms in total. The van der Waals surface area contributed by atoms with E-state index in [1.165, 1.54) is 0 Å². The number of aliphatic hydroxyl groups is 2. The molecule has 0 aromatic heterocycles. The van der Waals surface area contributed by atoms with Crippen LogP contribution in [-0.2, 0) is 0 Å². The first-order valence-electron chi connectivity index (χ1n) is 4.99. The van der Waals surface area contributed by atoms with Crippen LogP contribution in [0.3, 0.4) is 0 Å². The van der Waals surface area contributed by atoms with E-state index in [9.17, 15) is 10.2 Å². The Bertz CT molecular complexity index is 110. The predicted molar refractivity (Wildman–Crippen MR) is 50.8 cm³/mol. The van der Waals surface area contributed by atoms with E-state index < -0.39 is 5.79 Å². The van der Waals surface area contributed by atoms with Crippen LogP contribution in [0.5, 0.6) is 0 Å². The molecule has 0 rings (SSSR count). The van der Waals surface area contributed by atoms with Crippen molar-refractivity contribution in [3.63, 3.8) is 0 Å². The summed E-state index contributed by atoms with van der Waals surface area (Å²) in [5, 5.41) is 19.1. The van der Waals surface area contributed by atoms with Crippen LogP contribution in [0, 0.1) is 5.92 Å². The minimum Gasteiger partial charge on any atom is -0.365 e. The summed E-state index contributed by atoms with van der Waals surface area (Å²) in [6, 6.07) is 0. The maximum absolute atomic E-state index is 9.57. The smallest absolute Gasteiger partial charge is 0.165 e. The number of hydrogen-bond acceptors (Lipinski definition) is 2.